The number of nitrogens with two attached hydrogens (primary N) is 1. The molecule has 0 saturated carbocycles. The third kappa shape index (κ3) is 3.68. The number of hydrogen-bond donors (Lipinski definition) is 1. The van der Waals surface area contributed by atoms with Gasteiger partial charge in [0.1, 0.15) is 6.33 Å². The van der Waals surface area contributed by atoms with Crippen LogP contribution in [0.15, 0.2) is 18.7 Å². The Bertz CT molecular complexity index is 548. The number of rotatable bonds is 7. The van der Waals surface area contributed by atoms with Crippen LogP contribution in [0.2, 0.25) is 0 Å². The minimum Gasteiger partial charge on any atom is -0.368 e. The molecule has 0 aromatic carbocycles. The highest BCUT2D eigenvalue weighted by atomic mass is 15.3. The first-order valence-electron chi connectivity index (χ1n) is 7.42. The Morgan fingerprint density at radius 3 is 2.52 bits per heavy atom. The van der Waals surface area contributed by atoms with Crippen molar-refractivity contribution in [3.8, 4) is 5.95 Å². The van der Waals surface area contributed by atoms with E-state index in [2.05, 4.69) is 45.6 Å². The first kappa shape index (κ1) is 15.2. The Kier molecular flexibility index (Phi) is 5.08. The van der Waals surface area contributed by atoms with Gasteiger partial charge in [-0.05, 0) is 12.8 Å². The van der Waals surface area contributed by atoms with E-state index in [4.69, 9.17) is 5.73 Å². The summed E-state index contributed by atoms with van der Waals surface area (Å²) < 4.78 is 1.73. The van der Waals surface area contributed by atoms with Gasteiger partial charge in [0.15, 0.2) is 0 Å². The average molecular weight is 289 g/mol. The number of nitrogen functional groups attached to an aromatic ring is 1. The molecule has 0 aliphatic heterocycles. The Hall–Kier alpha value is -2.18. The van der Waals surface area contributed by atoms with Gasteiger partial charge in [0.25, 0.3) is 0 Å². The monoisotopic (exact) mass is 289 g/mol. The molecule has 0 spiro atoms. The molecule has 0 bridgehead atoms. The van der Waals surface area contributed by atoms with Crippen molar-refractivity contribution in [2.45, 2.75) is 33.6 Å². The molecule has 0 aliphatic carbocycles. The summed E-state index contributed by atoms with van der Waals surface area (Å²) in [4.78, 5) is 19.1. The summed E-state index contributed by atoms with van der Waals surface area (Å²) in [6.07, 6.45) is 7.40. The summed E-state index contributed by atoms with van der Waals surface area (Å²) in [5, 5.41) is 0. The zero-order chi connectivity index (χ0) is 15.2. The zero-order valence-electron chi connectivity index (χ0n) is 12.9. The van der Waals surface area contributed by atoms with E-state index in [1.807, 2.05) is 0 Å². The molecule has 2 aromatic heterocycles. The SMILES string of the molecule is CCC(CC)CN(CC)c1nc(N)nc(-n2ccnc2)n1. The summed E-state index contributed by atoms with van der Waals surface area (Å²) in [6, 6.07) is 0. The maximum atomic E-state index is 5.83. The Morgan fingerprint density at radius 1 is 1.19 bits per heavy atom. The Morgan fingerprint density at radius 2 is 1.95 bits per heavy atom. The van der Waals surface area contributed by atoms with Gasteiger partial charge in [-0.2, -0.15) is 15.0 Å². The van der Waals surface area contributed by atoms with Gasteiger partial charge in [-0.3, -0.25) is 4.57 Å². The molecule has 2 heterocycles. The second-order valence-corrected chi connectivity index (χ2v) is 4.98. The molecular formula is C14H23N7. The smallest absolute Gasteiger partial charge is 0.241 e. The van der Waals surface area contributed by atoms with Crippen LogP contribution in [0, 0.1) is 5.92 Å². The van der Waals surface area contributed by atoms with Crippen molar-refractivity contribution in [2.24, 2.45) is 5.92 Å². The molecule has 114 valence electrons. The molecule has 2 aromatic rings. The van der Waals surface area contributed by atoms with E-state index in [9.17, 15) is 0 Å². The average Bonchev–Trinajstić information content (AvgIpc) is 3.02. The third-order valence-corrected chi connectivity index (χ3v) is 3.66. The summed E-state index contributed by atoms with van der Waals surface area (Å²) in [5.74, 6) is 1.98. The predicted molar refractivity (Wildman–Crippen MR) is 83.3 cm³/mol. The van der Waals surface area contributed by atoms with Gasteiger partial charge in [0.2, 0.25) is 17.8 Å². The molecule has 0 amide bonds. The van der Waals surface area contributed by atoms with Crippen molar-refractivity contribution in [2.75, 3.05) is 23.7 Å². The van der Waals surface area contributed by atoms with Crippen LogP contribution in [0.25, 0.3) is 5.95 Å². The lowest BCUT2D eigenvalue weighted by Crippen LogP contribution is -2.31. The number of aromatic nitrogens is 5. The molecule has 7 nitrogen and oxygen atoms in total. The van der Waals surface area contributed by atoms with Crippen LogP contribution in [0.1, 0.15) is 33.6 Å². The zero-order valence-corrected chi connectivity index (χ0v) is 12.9. The molecule has 0 fully saturated rings. The topological polar surface area (TPSA) is 85.8 Å². The van der Waals surface area contributed by atoms with E-state index in [1.54, 1.807) is 23.3 Å². The lowest BCUT2D eigenvalue weighted by atomic mass is 10.0. The van der Waals surface area contributed by atoms with Crippen LogP contribution in [0.5, 0.6) is 0 Å². The Balaban J connectivity index is 2.29. The molecule has 0 aliphatic rings. The van der Waals surface area contributed by atoms with Crippen molar-refractivity contribution in [3.05, 3.63) is 18.7 Å². The second kappa shape index (κ2) is 7.01. The minimum absolute atomic E-state index is 0.228. The maximum absolute atomic E-state index is 5.83. The van der Waals surface area contributed by atoms with Crippen molar-refractivity contribution < 1.29 is 0 Å². The van der Waals surface area contributed by atoms with Crippen LogP contribution in [0.3, 0.4) is 0 Å². The normalized spacial score (nSPS) is 11.0. The molecular weight excluding hydrogens is 266 g/mol. The van der Waals surface area contributed by atoms with Crippen LogP contribution in [-0.4, -0.2) is 37.6 Å². The standard InChI is InChI=1S/C14H23N7/c1-4-11(5-2)9-20(6-3)13-17-12(15)18-14(19-13)21-8-7-16-10-21/h7-8,10-11H,4-6,9H2,1-3H3,(H2,15,17,18,19). The highest BCUT2D eigenvalue weighted by Gasteiger charge is 2.15. The van der Waals surface area contributed by atoms with Crippen LogP contribution in [0.4, 0.5) is 11.9 Å². The fourth-order valence-corrected chi connectivity index (χ4v) is 2.21. The fraction of sp³-hybridized carbons (Fsp3) is 0.571. The largest absolute Gasteiger partial charge is 0.368 e. The molecule has 0 radical (unpaired) electrons. The van der Waals surface area contributed by atoms with E-state index < -0.39 is 0 Å². The van der Waals surface area contributed by atoms with Crippen molar-refractivity contribution in [1.82, 2.24) is 24.5 Å². The lowest BCUT2D eigenvalue weighted by molar-refractivity contribution is 0.482. The molecule has 7 heteroatoms. The van der Waals surface area contributed by atoms with Gasteiger partial charge in [0.05, 0.1) is 0 Å². The molecule has 0 saturated heterocycles. The molecule has 21 heavy (non-hydrogen) atoms. The van der Waals surface area contributed by atoms with E-state index in [-0.39, 0.29) is 5.95 Å². The van der Waals surface area contributed by atoms with Crippen molar-refractivity contribution in [1.29, 1.82) is 0 Å². The van der Waals surface area contributed by atoms with Gasteiger partial charge in [-0.15, -0.1) is 0 Å². The first-order valence-corrected chi connectivity index (χ1v) is 7.42. The highest BCUT2D eigenvalue weighted by Crippen LogP contribution is 2.16. The molecule has 0 unspecified atom stereocenters. The lowest BCUT2D eigenvalue weighted by Gasteiger charge is -2.25. The summed E-state index contributed by atoms with van der Waals surface area (Å²) >= 11 is 0. The summed E-state index contributed by atoms with van der Waals surface area (Å²) in [6.45, 7) is 8.28. The number of imidazole rings is 1. The van der Waals surface area contributed by atoms with Gasteiger partial charge < -0.3 is 10.6 Å². The fourth-order valence-electron chi connectivity index (χ4n) is 2.21. The summed E-state index contributed by atoms with van der Waals surface area (Å²) in [7, 11) is 0. The van der Waals surface area contributed by atoms with E-state index >= 15 is 0 Å². The Labute approximate surface area is 125 Å². The first-order chi connectivity index (χ1) is 10.2. The van der Waals surface area contributed by atoms with Gasteiger partial charge in [-0.1, -0.05) is 26.7 Å². The number of hydrogen-bond acceptors (Lipinski definition) is 6. The van der Waals surface area contributed by atoms with Crippen LogP contribution >= 0.6 is 0 Å². The van der Waals surface area contributed by atoms with E-state index in [0.717, 1.165) is 25.9 Å². The number of nitrogens with zero attached hydrogens (tertiary/aromatic N) is 6. The van der Waals surface area contributed by atoms with E-state index in [0.29, 0.717) is 17.8 Å². The minimum atomic E-state index is 0.228. The quantitative estimate of drug-likeness (QED) is 0.838. The van der Waals surface area contributed by atoms with Gasteiger partial charge in [-0.25, -0.2) is 4.98 Å². The van der Waals surface area contributed by atoms with Crippen LogP contribution in [-0.2, 0) is 0 Å². The van der Waals surface area contributed by atoms with E-state index in [1.165, 1.54) is 0 Å². The van der Waals surface area contributed by atoms with Gasteiger partial charge in [0, 0.05) is 25.5 Å². The van der Waals surface area contributed by atoms with Crippen molar-refractivity contribution >= 4 is 11.9 Å². The van der Waals surface area contributed by atoms with Crippen LogP contribution < -0.4 is 10.6 Å². The molecule has 2 N–H and O–H groups in total. The molecule has 0 atom stereocenters. The maximum Gasteiger partial charge on any atom is 0.241 e. The third-order valence-electron chi connectivity index (χ3n) is 3.66. The van der Waals surface area contributed by atoms with Gasteiger partial charge >= 0.3 is 0 Å². The highest BCUT2D eigenvalue weighted by molar-refractivity contribution is 5.37. The second-order valence-electron chi connectivity index (χ2n) is 4.98. The number of anilines is 2. The van der Waals surface area contributed by atoms with Crippen molar-refractivity contribution in [3.63, 3.8) is 0 Å². The summed E-state index contributed by atoms with van der Waals surface area (Å²) in [5.41, 5.74) is 5.83. The molecule has 2 rings (SSSR count). The predicted octanol–water partition coefficient (Wildman–Crippen LogP) is 1.90.